The third kappa shape index (κ3) is 6.69. The molecule has 1 amide bonds. The molecular weight excluding hydrogens is 487 g/mol. The number of aliphatic imine (C=N–C) groups is 1. The van der Waals surface area contributed by atoms with Crippen LogP contribution >= 0.6 is 0 Å². The molecular formula is C26H34F3N5O3. The van der Waals surface area contributed by atoms with E-state index in [9.17, 15) is 22.8 Å². The number of nitrogens with two attached hydrogens (primary N) is 1. The van der Waals surface area contributed by atoms with Gasteiger partial charge < -0.3 is 20.3 Å². The van der Waals surface area contributed by atoms with Crippen molar-refractivity contribution in [3.05, 3.63) is 41.2 Å². The molecule has 2 fully saturated rings. The lowest BCUT2D eigenvalue weighted by Crippen LogP contribution is -2.56. The standard InChI is InChI=1S/C26H34F3N5O3/c1-6-7-10-31-23(30)20(15-35)16(2)21-11-17(26(27,28)29)12-22(32-21)34-18-8-9-19(34)14-33(13-18)24(36)37-25(3,4)5/h7,10-12,15,18-19H,6,8-9,13-14H2,1-5H3,(H2,30,31)/b10-7+,20-16+. The number of pyridine rings is 1. The Balaban J connectivity index is 2.01. The summed E-state index contributed by atoms with van der Waals surface area (Å²) in [6.07, 6.45) is 0.690. The molecule has 202 valence electrons. The van der Waals surface area contributed by atoms with Crippen LogP contribution in [0.3, 0.4) is 0 Å². The number of hydrogen-bond acceptors (Lipinski definition) is 6. The number of rotatable bonds is 6. The van der Waals surface area contributed by atoms with Crippen LogP contribution in [-0.2, 0) is 15.7 Å². The third-order valence-electron chi connectivity index (χ3n) is 6.27. The number of fused-ring (bicyclic) bond motifs is 2. The minimum Gasteiger partial charge on any atom is -0.444 e. The summed E-state index contributed by atoms with van der Waals surface area (Å²) < 4.78 is 47.2. The van der Waals surface area contributed by atoms with Gasteiger partial charge in [0.25, 0.3) is 0 Å². The van der Waals surface area contributed by atoms with Gasteiger partial charge in [-0.05, 0) is 64.7 Å². The molecule has 1 aromatic rings. The summed E-state index contributed by atoms with van der Waals surface area (Å²) in [5.41, 5.74) is 4.56. The Morgan fingerprint density at radius 1 is 1.22 bits per heavy atom. The molecule has 0 aromatic carbocycles. The van der Waals surface area contributed by atoms with Crippen molar-refractivity contribution in [1.29, 1.82) is 0 Å². The van der Waals surface area contributed by atoms with Crippen molar-refractivity contribution in [3.8, 4) is 0 Å². The molecule has 2 bridgehead atoms. The van der Waals surface area contributed by atoms with E-state index in [1.54, 1.807) is 31.7 Å². The van der Waals surface area contributed by atoms with Gasteiger partial charge in [-0.1, -0.05) is 13.0 Å². The summed E-state index contributed by atoms with van der Waals surface area (Å²) in [5.74, 6) is 0.0381. The maximum atomic E-state index is 13.9. The number of carbonyl (C=O) groups excluding carboxylic acids is 2. The summed E-state index contributed by atoms with van der Waals surface area (Å²) in [4.78, 5) is 36.5. The van der Waals surface area contributed by atoms with Crippen molar-refractivity contribution in [2.45, 2.75) is 77.7 Å². The number of ether oxygens (including phenoxy) is 1. The molecule has 8 nitrogen and oxygen atoms in total. The topological polar surface area (TPSA) is 101 Å². The van der Waals surface area contributed by atoms with Crippen LogP contribution in [0.5, 0.6) is 0 Å². The summed E-state index contributed by atoms with van der Waals surface area (Å²) in [6, 6.07) is 1.51. The van der Waals surface area contributed by atoms with E-state index in [-0.39, 0.29) is 40.6 Å². The number of piperazine rings is 1. The van der Waals surface area contributed by atoms with E-state index in [0.717, 1.165) is 12.1 Å². The molecule has 1 aromatic heterocycles. The first-order chi connectivity index (χ1) is 17.2. The van der Waals surface area contributed by atoms with Crippen molar-refractivity contribution in [2.24, 2.45) is 10.7 Å². The molecule has 37 heavy (non-hydrogen) atoms. The maximum Gasteiger partial charge on any atom is 0.416 e. The summed E-state index contributed by atoms with van der Waals surface area (Å²) in [6.45, 7) is 9.38. The van der Waals surface area contributed by atoms with Crippen molar-refractivity contribution in [3.63, 3.8) is 0 Å². The predicted molar refractivity (Wildman–Crippen MR) is 136 cm³/mol. The lowest BCUT2D eigenvalue weighted by molar-refractivity contribution is -0.137. The molecule has 0 aliphatic carbocycles. The number of allylic oxidation sites excluding steroid dienone is 2. The van der Waals surface area contributed by atoms with Crippen molar-refractivity contribution in [1.82, 2.24) is 9.88 Å². The number of amidine groups is 1. The second-order valence-corrected chi connectivity index (χ2v) is 10.2. The molecule has 2 aliphatic rings. The highest BCUT2D eigenvalue weighted by molar-refractivity contribution is 6.18. The second-order valence-electron chi connectivity index (χ2n) is 10.2. The largest absolute Gasteiger partial charge is 0.444 e. The Labute approximate surface area is 215 Å². The van der Waals surface area contributed by atoms with Gasteiger partial charge in [0.2, 0.25) is 0 Å². The fourth-order valence-corrected chi connectivity index (χ4v) is 4.54. The predicted octanol–water partition coefficient (Wildman–Crippen LogP) is 4.94. The molecule has 3 heterocycles. The Morgan fingerprint density at radius 3 is 2.35 bits per heavy atom. The van der Waals surface area contributed by atoms with Crippen LogP contribution in [-0.4, -0.2) is 58.9 Å². The SMILES string of the molecule is CC/C=C/N=C(N)/C(C=O)=C(\C)c1cc(C(F)(F)F)cc(N2C3CCC2CN(C(=O)OC(C)(C)C)C3)n1. The Hall–Kier alpha value is -3.37. The Kier molecular flexibility index (Phi) is 8.34. The molecule has 0 radical (unpaired) electrons. The molecule has 0 saturated carbocycles. The fraction of sp³-hybridized carbons (Fsp3) is 0.538. The van der Waals surface area contributed by atoms with Crippen LogP contribution < -0.4 is 10.6 Å². The number of aldehydes is 1. The van der Waals surface area contributed by atoms with Crippen LogP contribution in [0.2, 0.25) is 0 Å². The van der Waals surface area contributed by atoms with Gasteiger partial charge >= 0.3 is 12.3 Å². The highest BCUT2D eigenvalue weighted by Crippen LogP contribution is 2.39. The molecule has 2 atom stereocenters. The van der Waals surface area contributed by atoms with E-state index in [0.29, 0.717) is 38.6 Å². The van der Waals surface area contributed by atoms with Crippen LogP contribution in [0, 0.1) is 0 Å². The van der Waals surface area contributed by atoms with Crippen LogP contribution in [0.15, 0.2) is 35.0 Å². The first kappa shape index (κ1) is 28.2. The number of alkyl halides is 3. The average molecular weight is 522 g/mol. The first-order valence-electron chi connectivity index (χ1n) is 12.3. The van der Waals surface area contributed by atoms with Gasteiger partial charge in [-0.25, -0.2) is 14.8 Å². The lowest BCUT2D eigenvalue weighted by Gasteiger charge is -2.42. The number of aromatic nitrogens is 1. The number of nitrogens with zero attached hydrogens (tertiary/aromatic N) is 4. The van der Waals surface area contributed by atoms with E-state index in [4.69, 9.17) is 10.5 Å². The Morgan fingerprint density at radius 2 is 1.84 bits per heavy atom. The van der Waals surface area contributed by atoms with Gasteiger partial charge in [-0.3, -0.25) is 4.79 Å². The highest BCUT2D eigenvalue weighted by Gasteiger charge is 2.44. The number of amides is 1. The van der Waals surface area contributed by atoms with Gasteiger partial charge in [-0.15, -0.1) is 0 Å². The number of anilines is 1. The molecule has 11 heteroatoms. The van der Waals surface area contributed by atoms with Gasteiger partial charge in [-0.2, -0.15) is 13.2 Å². The molecule has 2 saturated heterocycles. The lowest BCUT2D eigenvalue weighted by atomic mass is 10.0. The van der Waals surface area contributed by atoms with Crippen LogP contribution in [0.4, 0.5) is 23.8 Å². The molecule has 2 unspecified atom stereocenters. The highest BCUT2D eigenvalue weighted by atomic mass is 19.4. The zero-order valence-corrected chi connectivity index (χ0v) is 21.8. The van der Waals surface area contributed by atoms with E-state index >= 15 is 0 Å². The van der Waals surface area contributed by atoms with Gasteiger partial charge in [0, 0.05) is 31.4 Å². The van der Waals surface area contributed by atoms with E-state index < -0.39 is 23.4 Å². The van der Waals surface area contributed by atoms with Gasteiger partial charge in [0.1, 0.15) is 17.3 Å². The quantitative estimate of drug-likeness (QED) is 0.246. The van der Waals surface area contributed by atoms with E-state index in [1.165, 1.54) is 13.1 Å². The van der Waals surface area contributed by atoms with E-state index in [2.05, 4.69) is 9.98 Å². The minimum absolute atomic E-state index is 0.0153. The van der Waals surface area contributed by atoms with Gasteiger partial charge in [0.05, 0.1) is 16.8 Å². The number of carbonyl (C=O) groups is 2. The second kappa shape index (κ2) is 10.9. The normalized spacial score (nSPS) is 21.4. The zero-order valence-electron chi connectivity index (χ0n) is 21.8. The molecule has 2 N–H and O–H groups in total. The van der Waals surface area contributed by atoms with Crippen molar-refractivity contribution >= 4 is 29.6 Å². The average Bonchev–Trinajstić information content (AvgIpc) is 3.06. The fourth-order valence-electron chi connectivity index (χ4n) is 4.54. The minimum atomic E-state index is -4.63. The summed E-state index contributed by atoms with van der Waals surface area (Å²) >= 11 is 0. The van der Waals surface area contributed by atoms with Crippen LogP contribution in [0.25, 0.3) is 5.57 Å². The molecule has 3 rings (SSSR count). The van der Waals surface area contributed by atoms with Crippen LogP contribution in [0.1, 0.15) is 65.1 Å². The number of likely N-dealkylation sites (tertiary alicyclic amines) is 1. The summed E-state index contributed by atoms with van der Waals surface area (Å²) in [5, 5.41) is 0. The monoisotopic (exact) mass is 521 g/mol. The number of hydrogen-bond donors (Lipinski definition) is 1. The first-order valence-corrected chi connectivity index (χ1v) is 12.3. The smallest absolute Gasteiger partial charge is 0.416 e. The zero-order chi connectivity index (χ0) is 27.5. The summed E-state index contributed by atoms with van der Waals surface area (Å²) in [7, 11) is 0. The number of halogens is 3. The van der Waals surface area contributed by atoms with E-state index in [1.807, 2.05) is 11.8 Å². The maximum absolute atomic E-state index is 13.9. The molecule has 0 spiro atoms. The van der Waals surface area contributed by atoms with Gasteiger partial charge in [0.15, 0.2) is 6.29 Å². The Bertz CT molecular complexity index is 1110. The third-order valence-corrected chi connectivity index (χ3v) is 6.27. The molecule has 2 aliphatic heterocycles. The van der Waals surface area contributed by atoms with Crippen molar-refractivity contribution in [2.75, 3.05) is 18.0 Å². The van der Waals surface area contributed by atoms with Crippen molar-refractivity contribution < 1.29 is 27.5 Å².